The largest absolute Gasteiger partial charge is 0.490 e. The molecule has 0 aliphatic rings. The van der Waals surface area contributed by atoms with E-state index in [1.165, 1.54) is 17.4 Å². The molecule has 4 rings (SSSR count). The fourth-order valence-corrected chi connectivity index (χ4v) is 5.60. The molecule has 0 N–H and O–H groups in total. The minimum absolute atomic E-state index is 0.122. The molecule has 49 heavy (non-hydrogen) atoms. The Morgan fingerprint density at radius 3 is 2.18 bits per heavy atom. The third-order valence-corrected chi connectivity index (χ3v) is 7.96. The maximum atomic E-state index is 12.7. The van der Waals surface area contributed by atoms with Crippen molar-refractivity contribution in [1.29, 1.82) is 5.26 Å². The lowest BCUT2D eigenvalue weighted by Gasteiger charge is -2.20. The number of nitriles is 1. The number of rotatable bonds is 12. The molecular formula is C35H27F6NO6S. The third-order valence-electron chi connectivity index (χ3n) is 7.00. The number of hydrogen-bond donors (Lipinski definition) is 0. The maximum Gasteiger partial charge on any atom is 0.490 e. The summed E-state index contributed by atoms with van der Waals surface area (Å²) in [6.45, 7) is 1.64. The van der Waals surface area contributed by atoms with E-state index in [4.69, 9.17) is 14.7 Å². The van der Waals surface area contributed by atoms with E-state index in [0.29, 0.717) is 11.3 Å². The molecule has 0 radical (unpaired) electrons. The van der Waals surface area contributed by atoms with E-state index in [-0.39, 0.29) is 24.7 Å². The van der Waals surface area contributed by atoms with Gasteiger partial charge in [0.05, 0.1) is 18.4 Å². The van der Waals surface area contributed by atoms with Crippen molar-refractivity contribution in [2.75, 3.05) is 13.2 Å². The van der Waals surface area contributed by atoms with Crippen molar-refractivity contribution >= 4 is 33.4 Å². The van der Waals surface area contributed by atoms with Gasteiger partial charge in [0.15, 0.2) is 6.10 Å². The molecule has 256 valence electrons. The lowest BCUT2D eigenvalue weighted by atomic mass is 9.97. The molecule has 0 saturated heterocycles. The monoisotopic (exact) mass is 703 g/mol. The Bertz CT molecular complexity index is 1900. The summed E-state index contributed by atoms with van der Waals surface area (Å²) in [4.78, 5) is 22.3. The molecule has 0 aliphatic heterocycles. The number of ether oxygens (including phenoxy) is 4. The van der Waals surface area contributed by atoms with Crippen LogP contribution < -0.4 is 9.47 Å². The zero-order chi connectivity index (χ0) is 35.8. The molecule has 2 unspecified atom stereocenters. The predicted molar refractivity (Wildman–Crippen MR) is 168 cm³/mol. The molecule has 0 aliphatic carbocycles. The van der Waals surface area contributed by atoms with Crippen molar-refractivity contribution in [3.8, 4) is 40.5 Å². The highest BCUT2D eigenvalue weighted by Crippen LogP contribution is 2.37. The van der Waals surface area contributed by atoms with Crippen molar-refractivity contribution in [2.24, 2.45) is 0 Å². The summed E-state index contributed by atoms with van der Waals surface area (Å²) in [6.07, 6.45) is -12.5. The highest BCUT2D eigenvalue weighted by Gasteiger charge is 2.44. The first-order valence-corrected chi connectivity index (χ1v) is 15.3. The van der Waals surface area contributed by atoms with Gasteiger partial charge in [-0.3, -0.25) is 0 Å². The van der Waals surface area contributed by atoms with Crippen LogP contribution in [0.1, 0.15) is 36.0 Å². The topological polar surface area (TPSA) is 94.9 Å². The van der Waals surface area contributed by atoms with Gasteiger partial charge in [-0.05, 0) is 77.9 Å². The van der Waals surface area contributed by atoms with Crippen molar-refractivity contribution in [2.45, 2.75) is 51.2 Å². The normalized spacial score (nSPS) is 12.6. The summed E-state index contributed by atoms with van der Waals surface area (Å²) < 4.78 is 96.2. The summed E-state index contributed by atoms with van der Waals surface area (Å²) in [5.74, 6) is 1.15. The number of hydrogen-bond acceptors (Lipinski definition) is 8. The molecule has 14 heteroatoms. The van der Waals surface area contributed by atoms with E-state index < -0.39 is 43.6 Å². The Morgan fingerprint density at radius 1 is 0.857 bits per heavy atom. The quantitative estimate of drug-likeness (QED) is 0.0831. The summed E-state index contributed by atoms with van der Waals surface area (Å²) in [7, 11) is 0. The van der Waals surface area contributed by atoms with Crippen LogP contribution in [0, 0.1) is 30.1 Å². The van der Waals surface area contributed by atoms with E-state index in [0.717, 1.165) is 32.3 Å². The molecule has 0 amide bonds. The molecule has 2 atom stereocenters. The second kappa shape index (κ2) is 15.8. The van der Waals surface area contributed by atoms with Crippen molar-refractivity contribution in [3.63, 3.8) is 0 Å². The second-order valence-electron chi connectivity index (χ2n) is 10.6. The number of carbonyl (C=O) groups excluding carboxylic acids is 2. The molecule has 0 bridgehead atoms. The zero-order valence-corrected chi connectivity index (χ0v) is 26.7. The number of fused-ring (bicyclic) bond motifs is 1. The van der Waals surface area contributed by atoms with E-state index in [1.54, 1.807) is 26.0 Å². The van der Waals surface area contributed by atoms with Gasteiger partial charge in [0.2, 0.25) is 0 Å². The zero-order valence-electron chi connectivity index (χ0n) is 25.9. The molecular weight excluding hydrogens is 676 g/mol. The van der Waals surface area contributed by atoms with Crippen molar-refractivity contribution in [1.82, 2.24) is 0 Å². The van der Waals surface area contributed by atoms with Gasteiger partial charge in [0, 0.05) is 15.6 Å². The van der Waals surface area contributed by atoms with Gasteiger partial charge in [-0.2, -0.15) is 31.6 Å². The van der Waals surface area contributed by atoms with Gasteiger partial charge in [-0.1, -0.05) is 30.2 Å². The summed E-state index contributed by atoms with van der Waals surface area (Å²) in [5, 5.41) is 12.0. The fourth-order valence-electron chi connectivity index (χ4n) is 4.66. The Labute approximate surface area is 281 Å². The lowest BCUT2D eigenvalue weighted by Crippen LogP contribution is -2.37. The first kappa shape index (κ1) is 36.6. The average molecular weight is 704 g/mol. The van der Waals surface area contributed by atoms with Crippen LogP contribution >= 0.6 is 11.3 Å². The van der Waals surface area contributed by atoms with Gasteiger partial charge in [0.1, 0.15) is 31.3 Å². The number of esters is 2. The Morgan fingerprint density at radius 2 is 1.55 bits per heavy atom. The van der Waals surface area contributed by atoms with Gasteiger partial charge < -0.3 is 18.9 Å². The molecule has 3 aromatic carbocycles. The summed E-state index contributed by atoms with van der Waals surface area (Å²) in [6, 6.07) is 20.3. The number of thiophene rings is 1. The highest BCUT2D eigenvalue weighted by molar-refractivity contribution is 7.17. The molecule has 7 nitrogen and oxygen atoms in total. The van der Waals surface area contributed by atoms with Crippen molar-refractivity contribution < 1.29 is 54.9 Å². The van der Waals surface area contributed by atoms with Crippen molar-refractivity contribution in [3.05, 3.63) is 82.7 Å². The maximum absolute atomic E-state index is 12.7. The average Bonchev–Trinajstić information content (AvgIpc) is 3.47. The van der Waals surface area contributed by atoms with E-state index in [1.807, 2.05) is 47.8 Å². The number of halogens is 6. The van der Waals surface area contributed by atoms with Gasteiger partial charge in [-0.25, -0.2) is 9.59 Å². The molecule has 1 heterocycles. The van der Waals surface area contributed by atoms with Crippen LogP contribution in [0.25, 0.3) is 21.2 Å². The number of benzene rings is 3. The molecule has 0 fully saturated rings. The summed E-state index contributed by atoms with van der Waals surface area (Å²) in [5.41, 5.74) is 4.24. The second-order valence-corrected chi connectivity index (χ2v) is 11.5. The lowest BCUT2D eigenvalue weighted by molar-refractivity contribution is -0.214. The van der Waals surface area contributed by atoms with Crippen LogP contribution in [0.15, 0.2) is 66.0 Å². The Balaban J connectivity index is 1.45. The first-order chi connectivity index (χ1) is 23.2. The minimum atomic E-state index is -5.43. The van der Waals surface area contributed by atoms with E-state index in [2.05, 4.69) is 27.4 Å². The van der Waals surface area contributed by atoms with E-state index >= 15 is 0 Å². The van der Waals surface area contributed by atoms with Gasteiger partial charge in [-0.15, -0.1) is 17.3 Å². The van der Waals surface area contributed by atoms with Crippen LogP contribution in [0.2, 0.25) is 0 Å². The van der Waals surface area contributed by atoms with E-state index in [9.17, 15) is 35.9 Å². The predicted octanol–water partition coefficient (Wildman–Crippen LogP) is 8.43. The van der Waals surface area contributed by atoms with Crippen LogP contribution in [-0.4, -0.2) is 43.6 Å². The minimum Gasteiger partial charge on any atom is -0.490 e. The SMILES string of the molecule is CC#CC(CC#N)c1ccc(OCc2ccc3scc(-c4ccc(OCC(COC(=O)C(F)(F)F)OC(=O)C(F)(F)F)cc4C)c3c2)cc1. The van der Waals surface area contributed by atoms with Crippen LogP contribution in [0.5, 0.6) is 11.5 Å². The first-order valence-electron chi connectivity index (χ1n) is 14.5. The Kier molecular flexibility index (Phi) is 11.8. The number of aryl methyl sites for hydroxylation is 1. The summed E-state index contributed by atoms with van der Waals surface area (Å²) >= 11 is 1.52. The molecule has 4 aromatic rings. The fraction of sp³-hybridized carbons (Fsp3) is 0.286. The van der Waals surface area contributed by atoms with Gasteiger partial charge in [0.25, 0.3) is 0 Å². The van der Waals surface area contributed by atoms with Crippen LogP contribution in [0.4, 0.5) is 26.3 Å². The number of carbonyl (C=O) groups is 2. The molecule has 0 saturated carbocycles. The molecule has 0 spiro atoms. The van der Waals surface area contributed by atoms with Crippen LogP contribution in [0.3, 0.4) is 0 Å². The standard InChI is InChI=1S/C35H27F6NO6S/c1-3-4-23(13-14-42)24-6-8-25(9-7-24)45-17-22-5-12-31-29(16-22)30(20-49-31)28-11-10-26(15-21(28)2)46-18-27(48-33(44)35(39,40)41)19-47-32(43)34(36,37)38/h5-12,15-16,20,23,27H,13,17-19H2,1-2H3. The van der Waals surface area contributed by atoms with Crippen LogP contribution in [-0.2, 0) is 25.7 Å². The smallest absolute Gasteiger partial charge is 0.490 e. The Hall–Kier alpha value is -5.21. The number of alkyl halides is 6. The number of nitrogens with zero attached hydrogens (tertiary/aromatic N) is 1. The highest BCUT2D eigenvalue weighted by atomic mass is 32.1. The third kappa shape index (κ3) is 9.90. The molecule has 1 aromatic heterocycles. The van der Waals surface area contributed by atoms with Gasteiger partial charge >= 0.3 is 24.3 Å².